The van der Waals surface area contributed by atoms with Crippen LogP contribution in [0, 0.1) is 12.7 Å². The third-order valence-corrected chi connectivity index (χ3v) is 2.15. The minimum atomic E-state index is -0.864. The van der Waals surface area contributed by atoms with Crippen LogP contribution in [0.25, 0.3) is 0 Å². The standard InChI is InChI=1S/C11H14FNO2/c1-8-5-10(12)4-3-9(8)6-13(2)7-11(14)15/h3-5H,6-7H2,1-2H3,(H,14,15). The highest BCUT2D eigenvalue weighted by atomic mass is 19.1. The van der Waals surface area contributed by atoms with Crippen LogP contribution in [0.4, 0.5) is 4.39 Å². The molecule has 0 fully saturated rings. The summed E-state index contributed by atoms with van der Waals surface area (Å²) in [6.45, 7) is 2.31. The van der Waals surface area contributed by atoms with Gasteiger partial charge >= 0.3 is 5.97 Å². The number of likely N-dealkylation sites (N-methyl/N-ethyl adjacent to an activating group) is 1. The minimum Gasteiger partial charge on any atom is -0.480 e. The predicted octanol–water partition coefficient (Wildman–Crippen LogP) is 1.65. The number of benzene rings is 1. The van der Waals surface area contributed by atoms with E-state index >= 15 is 0 Å². The lowest BCUT2D eigenvalue weighted by molar-refractivity contribution is -0.138. The maximum Gasteiger partial charge on any atom is 0.317 e. The lowest BCUT2D eigenvalue weighted by atomic mass is 10.1. The van der Waals surface area contributed by atoms with Crippen molar-refractivity contribution in [1.29, 1.82) is 0 Å². The first-order valence-corrected chi connectivity index (χ1v) is 4.64. The van der Waals surface area contributed by atoms with Gasteiger partial charge in [-0.3, -0.25) is 9.69 Å². The monoisotopic (exact) mass is 211 g/mol. The van der Waals surface area contributed by atoms with Gasteiger partial charge in [-0.2, -0.15) is 0 Å². The Morgan fingerprint density at radius 2 is 2.20 bits per heavy atom. The van der Waals surface area contributed by atoms with Crippen molar-refractivity contribution in [1.82, 2.24) is 4.90 Å². The van der Waals surface area contributed by atoms with Gasteiger partial charge in [-0.1, -0.05) is 6.07 Å². The van der Waals surface area contributed by atoms with Gasteiger partial charge < -0.3 is 5.11 Å². The first-order valence-electron chi connectivity index (χ1n) is 4.64. The topological polar surface area (TPSA) is 40.5 Å². The van der Waals surface area contributed by atoms with Gasteiger partial charge in [0.15, 0.2) is 0 Å². The Morgan fingerprint density at radius 1 is 1.53 bits per heavy atom. The zero-order valence-corrected chi connectivity index (χ0v) is 8.83. The quantitative estimate of drug-likeness (QED) is 0.823. The number of nitrogens with zero attached hydrogens (tertiary/aromatic N) is 1. The number of rotatable bonds is 4. The second-order valence-corrected chi connectivity index (χ2v) is 3.64. The fourth-order valence-electron chi connectivity index (χ4n) is 1.41. The summed E-state index contributed by atoms with van der Waals surface area (Å²) in [7, 11) is 1.72. The van der Waals surface area contributed by atoms with Crippen LogP contribution in [-0.4, -0.2) is 29.6 Å². The van der Waals surface area contributed by atoms with Crippen molar-refractivity contribution in [2.45, 2.75) is 13.5 Å². The summed E-state index contributed by atoms with van der Waals surface area (Å²) in [6, 6.07) is 4.52. The third kappa shape index (κ3) is 3.67. The Labute approximate surface area is 88.1 Å². The van der Waals surface area contributed by atoms with Crippen molar-refractivity contribution >= 4 is 5.97 Å². The molecule has 4 heteroatoms. The molecular weight excluding hydrogens is 197 g/mol. The molecule has 1 rings (SSSR count). The largest absolute Gasteiger partial charge is 0.480 e. The molecule has 0 aromatic heterocycles. The van der Waals surface area contributed by atoms with E-state index in [9.17, 15) is 9.18 Å². The number of halogens is 1. The van der Waals surface area contributed by atoms with E-state index in [1.165, 1.54) is 12.1 Å². The molecule has 0 amide bonds. The summed E-state index contributed by atoms with van der Waals surface area (Å²) in [4.78, 5) is 12.1. The zero-order chi connectivity index (χ0) is 11.4. The molecular formula is C11H14FNO2. The zero-order valence-electron chi connectivity index (χ0n) is 8.83. The molecule has 0 aliphatic rings. The summed E-state index contributed by atoms with van der Waals surface area (Å²) >= 11 is 0. The average molecular weight is 211 g/mol. The van der Waals surface area contributed by atoms with Crippen LogP contribution in [0.5, 0.6) is 0 Å². The molecule has 0 saturated heterocycles. The number of carboxylic acids is 1. The van der Waals surface area contributed by atoms with Crippen molar-refractivity contribution in [2.75, 3.05) is 13.6 Å². The number of hydrogen-bond donors (Lipinski definition) is 1. The first kappa shape index (κ1) is 11.7. The molecule has 0 bridgehead atoms. The highest BCUT2D eigenvalue weighted by molar-refractivity contribution is 5.69. The molecule has 1 aromatic carbocycles. The van der Waals surface area contributed by atoms with Crippen LogP contribution in [0.15, 0.2) is 18.2 Å². The lowest BCUT2D eigenvalue weighted by Crippen LogP contribution is -2.25. The molecule has 0 aliphatic heterocycles. The van der Waals surface area contributed by atoms with Gasteiger partial charge in [-0.05, 0) is 37.2 Å². The van der Waals surface area contributed by atoms with Crippen molar-refractivity contribution in [3.63, 3.8) is 0 Å². The fourth-order valence-corrected chi connectivity index (χ4v) is 1.41. The Hall–Kier alpha value is -1.42. The molecule has 1 N–H and O–H groups in total. The highest BCUT2D eigenvalue weighted by Crippen LogP contribution is 2.11. The average Bonchev–Trinajstić information content (AvgIpc) is 2.08. The SMILES string of the molecule is Cc1cc(F)ccc1CN(C)CC(=O)O. The second-order valence-electron chi connectivity index (χ2n) is 3.64. The Kier molecular flexibility index (Phi) is 3.80. The van der Waals surface area contributed by atoms with Crippen molar-refractivity contribution in [3.05, 3.63) is 35.1 Å². The maximum atomic E-state index is 12.8. The fraction of sp³-hybridized carbons (Fsp3) is 0.364. The van der Waals surface area contributed by atoms with Crippen LogP contribution >= 0.6 is 0 Å². The minimum absolute atomic E-state index is 0.0170. The summed E-state index contributed by atoms with van der Waals surface area (Å²) in [5.41, 5.74) is 1.78. The van der Waals surface area contributed by atoms with Gasteiger partial charge in [0.1, 0.15) is 5.82 Å². The predicted molar refractivity (Wildman–Crippen MR) is 55.1 cm³/mol. The van der Waals surface area contributed by atoms with Gasteiger partial charge in [0.2, 0.25) is 0 Å². The van der Waals surface area contributed by atoms with Crippen LogP contribution in [0.3, 0.4) is 0 Å². The molecule has 0 spiro atoms. The number of aryl methyl sites for hydroxylation is 1. The molecule has 1 aromatic rings. The smallest absolute Gasteiger partial charge is 0.317 e. The Bertz CT molecular complexity index is 366. The molecule has 3 nitrogen and oxygen atoms in total. The van der Waals surface area contributed by atoms with Gasteiger partial charge in [0.05, 0.1) is 6.54 Å². The van der Waals surface area contributed by atoms with E-state index in [2.05, 4.69) is 0 Å². The highest BCUT2D eigenvalue weighted by Gasteiger charge is 2.07. The Balaban J connectivity index is 2.68. The summed E-state index contributed by atoms with van der Waals surface area (Å²) in [6.07, 6.45) is 0. The molecule has 82 valence electrons. The van der Waals surface area contributed by atoms with Crippen molar-refractivity contribution in [2.24, 2.45) is 0 Å². The van der Waals surface area contributed by atoms with Crippen LogP contribution in [0.2, 0.25) is 0 Å². The summed E-state index contributed by atoms with van der Waals surface area (Å²) in [5.74, 6) is -1.13. The molecule has 0 unspecified atom stereocenters. The number of carboxylic acid groups (broad SMARTS) is 1. The van der Waals surface area contributed by atoms with E-state index < -0.39 is 5.97 Å². The molecule has 0 radical (unpaired) electrons. The summed E-state index contributed by atoms with van der Waals surface area (Å²) < 4.78 is 12.8. The molecule has 0 heterocycles. The van der Waals surface area contributed by atoms with Crippen molar-refractivity contribution < 1.29 is 14.3 Å². The van der Waals surface area contributed by atoms with Gasteiger partial charge in [-0.15, -0.1) is 0 Å². The van der Waals surface area contributed by atoms with Crippen LogP contribution in [0.1, 0.15) is 11.1 Å². The van der Waals surface area contributed by atoms with Gasteiger partial charge in [-0.25, -0.2) is 4.39 Å². The van der Waals surface area contributed by atoms with E-state index in [4.69, 9.17) is 5.11 Å². The molecule has 0 aliphatic carbocycles. The van der Waals surface area contributed by atoms with E-state index in [0.29, 0.717) is 6.54 Å². The number of carbonyl (C=O) groups is 1. The van der Waals surface area contributed by atoms with Crippen LogP contribution in [-0.2, 0) is 11.3 Å². The van der Waals surface area contributed by atoms with E-state index in [1.54, 1.807) is 18.0 Å². The second kappa shape index (κ2) is 4.89. The van der Waals surface area contributed by atoms with Gasteiger partial charge in [0, 0.05) is 6.54 Å². The van der Waals surface area contributed by atoms with E-state index in [-0.39, 0.29) is 12.4 Å². The molecule has 0 atom stereocenters. The molecule has 15 heavy (non-hydrogen) atoms. The Morgan fingerprint density at radius 3 is 2.73 bits per heavy atom. The van der Waals surface area contributed by atoms with E-state index in [0.717, 1.165) is 11.1 Å². The van der Waals surface area contributed by atoms with Crippen molar-refractivity contribution in [3.8, 4) is 0 Å². The van der Waals surface area contributed by atoms with E-state index in [1.807, 2.05) is 6.92 Å². The normalized spacial score (nSPS) is 10.7. The van der Waals surface area contributed by atoms with Gasteiger partial charge in [0.25, 0.3) is 0 Å². The maximum absolute atomic E-state index is 12.8. The summed E-state index contributed by atoms with van der Waals surface area (Å²) in [5, 5.41) is 8.57. The number of hydrogen-bond acceptors (Lipinski definition) is 2. The first-order chi connectivity index (χ1) is 6.99. The number of aliphatic carboxylic acids is 1. The lowest BCUT2D eigenvalue weighted by Gasteiger charge is -2.15. The molecule has 0 saturated carbocycles. The van der Waals surface area contributed by atoms with Crippen LogP contribution < -0.4 is 0 Å². The third-order valence-electron chi connectivity index (χ3n) is 2.15.